The maximum absolute atomic E-state index is 11.9. The van der Waals surface area contributed by atoms with Crippen molar-refractivity contribution in [2.24, 2.45) is 0 Å². The van der Waals surface area contributed by atoms with E-state index >= 15 is 0 Å². The van der Waals surface area contributed by atoms with Gasteiger partial charge in [0, 0.05) is 31.0 Å². The number of aromatic nitrogens is 2. The number of imidazole rings is 1. The van der Waals surface area contributed by atoms with Crippen molar-refractivity contribution in [3.63, 3.8) is 0 Å². The molecular weight excluding hydrogens is 202 g/mol. The van der Waals surface area contributed by atoms with Crippen LogP contribution in [0.2, 0.25) is 0 Å². The average Bonchev–Trinajstić information content (AvgIpc) is 2.98. The zero-order chi connectivity index (χ0) is 11.5. The Morgan fingerprint density at radius 3 is 2.75 bits per heavy atom. The van der Waals surface area contributed by atoms with Crippen molar-refractivity contribution in [1.82, 2.24) is 14.5 Å². The summed E-state index contributed by atoms with van der Waals surface area (Å²) < 4.78 is 3.57. The van der Waals surface area contributed by atoms with Gasteiger partial charge in [-0.15, -0.1) is 0 Å². The van der Waals surface area contributed by atoms with E-state index in [-0.39, 0.29) is 11.7 Å². The van der Waals surface area contributed by atoms with Crippen LogP contribution in [0.1, 0.15) is 39.2 Å². The van der Waals surface area contributed by atoms with Gasteiger partial charge in [-0.3, -0.25) is 9.13 Å². The fraction of sp³-hybridized carbons (Fsp3) is 0.750. The zero-order valence-corrected chi connectivity index (χ0v) is 10.1. The van der Waals surface area contributed by atoms with Crippen LogP contribution in [-0.2, 0) is 6.54 Å². The number of nitrogens with one attached hydrogen (secondary N) is 1. The van der Waals surface area contributed by atoms with Crippen LogP contribution in [0.3, 0.4) is 0 Å². The van der Waals surface area contributed by atoms with E-state index in [0.29, 0.717) is 0 Å². The molecule has 0 saturated heterocycles. The number of aryl methyl sites for hydroxylation is 1. The van der Waals surface area contributed by atoms with Crippen LogP contribution < -0.4 is 11.0 Å². The van der Waals surface area contributed by atoms with Crippen LogP contribution in [0.5, 0.6) is 0 Å². The normalized spacial score (nSPS) is 15.9. The Bertz CT molecular complexity index is 387. The van der Waals surface area contributed by atoms with Crippen molar-refractivity contribution in [2.45, 2.75) is 51.7 Å². The second kappa shape index (κ2) is 4.87. The molecule has 1 heterocycles. The summed E-state index contributed by atoms with van der Waals surface area (Å²) in [4.78, 5) is 11.9. The van der Waals surface area contributed by atoms with Gasteiger partial charge in [0.1, 0.15) is 0 Å². The lowest BCUT2D eigenvalue weighted by atomic mass is 10.4. The monoisotopic (exact) mass is 223 g/mol. The molecule has 0 bridgehead atoms. The molecule has 1 N–H and O–H groups in total. The SMILES string of the molecule is CC(C)n1ccn(CCCNC2CC2)c1=O. The van der Waals surface area contributed by atoms with Crippen molar-refractivity contribution >= 4 is 0 Å². The van der Waals surface area contributed by atoms with E-state index in [0.717, 1.165) is 25.6 Å². The predicted molar refractivity (Wildman–Crippen MR) is 64.7 cm³/mol. The summed E-state index contributed by atoms with van der Waals surface area (Å²) in [5, 5.41) is 3.45. The fourth-order valence-electron chi connectivity index (χ4n) is 1.83. The lowest BCUT2D eigenvalue weighted by Gasteiger charge is -2.05. The minimum atomic E-state index is 0.112. The molecule has 1 aromatic rings. The molecule has 16 heavy (non-hydrogen) atoms. The van der Waals surface area contributed by atoms with Gasteiger partial charge < -0.3 is 5.32 Å². The third-order valence-corrected chi connectivity index (χ3v) is 3.02. The highest BCUT2D eigenvalue weighted by Crippen LogP contribution is 2.18. The molecule has 0 aliphatic heterocycles. The van der Waals surface area contributed by atoms with Gasteiger partial charge in [-0.1, -0.05) is 0 Å². The van der Waals surface area contributed by atoms with Crippen molar-refractivity contribution in [3.8, 4) is 0 Å². The number of rotatable bonds is 6. The first-order valence-electron chi connectivity index (χ1n) is 6.19. The Morgan fingerprint density at radius 2 is 2.19 bits per heavy atom. The summed E-state index contributed by atoms with van der Waals surface area (Å²) >= 11 is 0. The van der Waals surface area contributed by atoms with Crippen LogP contribution in [0, 0.1) is 0 Å². The Labute approximate surface area is 96.3 Å². The predicted octanol–water partition coefficient (Wildman–Crippen LogP) is 1.37. The molecule has 4 heteroatoms. The van der Waals surface area contributed by atoms with Gasteiger partial charge in [-0.05, 0) is 39.7 Å². The molecule has 1 aliphatic carbocycles. The first-order chi connectivity index (χ1) is 7.68. The Hall–Kier alpha value is -1.03. The van der Waals surface area contributed by atoms with E-state index in [1.54, 1.807) is 9.13 Å². The van der Waals surface area contributed by atoms with Crippen molar-refractivity contribution in [3.05, 3.63) is 22.9 Å². The highest BCUT2D eigenvalue weighted by Gasteiger charge is 2.19. The minimum Gasteiger partial charge on any atom is -0.314 e. The van der Waals surface area contributed by atoms with E-state index in [4.69, 9.17) is 0 Å². The van der Waals surface area contributed by atoms with E-state index in [1.165, 1.54) is 12.8 Å². The summed E-state index contributed by atoms with van der Waals surface area (Å²) in [6.45, 7) is 5.89. The third-order valence-electron chi connectivity index (χ3n) is 3.02. The molecule has 0 radical (unpaired) electrons. The van der Waals surface area contributed by atoms with Crippen molar-refractivity contribution in [2.75, 3.05) is 6.54 Å². The van der Waals surface area contributed by atoms with Gasteiger partial charge in [0.15, 0.2) is 0 Å². The van der Waals surface area contributed by atoms with Crippen LogP contribution in [0.4, 0.5) is 0 Å². The molecule has 0 aromatic carbocycles. The molecule has 0 atom stereocenters. The smallest absolute Gasteiger partial charge is 0.314 e. The molecule has 1 fully saturated rings. The highest BCUT2D eigenvalue weighted by molar-refractivity contribution is 4.84. The first-order valence-corrected chi connectivity index (χ1v) is 6.19. The molecular formula is C12H21N3O. The first kappa shape index (κ1) is 11.5. The fourth-order valence-corrected chi connectivity index (χ4v) is 1.83. The van der Waals surface area contributed by atoms with Gasteiger partial charge in [0.05, 0.1) is 0 Å². The third kappa shape index (κ3) is 2.76. The van der Waals surface area contributed by atoms with Crippen molar-refractivity contribution < 1.29 is 0 Å². The lowest BCUT2D eigenvalue weighted by Crippen LogP contribution is -2.27. The van der Waals surface area contributed by atoms with E-state index < -0.39 is 0 Å². The molecule has 1 saturated carbocycles. The van der Waals surface area contributed by atoms with Crippen LogP contribution in [0.25, 0.3) is 0 Å². The lowest BCUT2D eigenvalue weighted by molar-refractivity contribution is 0.529. The van der Waals surface area contributed by atoms with E-state index in [1.807, 2.05) is 26.2 Å². The Kier molecular flexibility index (Phi) is 3.49. The number of nitrogens with zero attached hydrogens (tertiary/aromatic N) is 2. The molecule has 2 rings (SSSR count). The highest BCUT2D eigenvalue weighted by atomic mass is 16.1. The molecule has 0 amide bonds. The molecule has 0 spiro atoms. The van der Waals surface area contributed by atoms with Crippen LogP contribution in [0.15, 0.2) is 17.2 Å². The molecule has 90 valence electrons. The largest absolute Gasteiger partial charge is 0.328 e. The molecule has 1 aliphatic rings. The topological polar surface area (TPSA) is 39.0 Å². The van der Waals surface area contributed by atoms with Gasteiger partial charge in [0.2, 0.25) is 0 Å². The van der Waals surface area contributed by atoms with Gasteiger partial charge >= 0.3 is 5.69 Å². The van der Waals surface area contributed by atoms with Gasteiger partial charge in [-0.25, -0.2) is 4.79 Å². The van der Waals surface area contributed by atoms with E-state index in [2.05, 4.69) is 5.32 Å². The summed E-state index contributed by atoms with van der Waals surface area (Å²) in [5.74, 6) is 0. The number of hydrogen-bond donors (Lipinski definition) is 1. The summed E-state index contributed by atoms with van der Waals surface area (Å²) in [6.07, 6.45) is 7.44. The minimum absolute atomic E-state index is 0.112. The Balaban J connectivity index is 1.81. The summed E-state index contributed by atoms with van der Waals surface area (Å²) in [6, 6.07) is 1.01. The summed E-state index contributed by atoms with van der Waals surface area (Å²) in [7, 11) is 0. The van der Waals surface area contributed by atoms with Crippen molar-refractivity contribution in [1.29, 1.82) is 0 Å². The van der Waals surface area contributed by atoms with Crippen LogP contribution >= 0.6 is 0 Å². The number of hydrogen-bond acceptors (Lipinski definition) is 2. The second-order valence-electron chi connectivity index (χ2n) is 4.86. The maximum atomic E-state index is 11.9. The summed E-state index contributed by atoms with van der Waals surface area (Å²) in [5.41, 5.74) is 0.112. The van der Waals surface area contributed by atoms with Gasteiger partial charge in [0.25, 0.3) is 0 Å². The standard InChI is InChI=1S/C12H21N3O/c1-10(2)15-9-8-14(12(15)16)7-3-6-13-11-4-5-11/h8-11,13H,3-7H2,1-2H3. The molecule has 4 nitrogen and oxygen atoms in total. The quantitative estimate of drug-likeness (QED) is 0.740. The average molecular weight is 223 g/mol. The Morgan fingerprint density at radius 1 is 1.44 bits per heavy atom. The van der Waals surface area contributed by atoms with Crippen LogP contribution in [-0.4, -0.2) is 21.7 Å². The maximum Gasteiger partial charge on any atom is 0.328 e. The molecule has 0 unspecified atom stereocenters. The van der Waals surface area contributed by atoms with E-state index in [9.17, 15) is 4.79 Å². The second-order valence-corrected chi connectivity index (χ2v) is 4.86. The van der Waals surface area contributed by atoms with Gasteiger partial charge in [-0.2, -0.15) is 0 Å². The molecule has 1 aromatic heterocycles. The zero-order valence-electron chi connectivity index (χ0n) is 10.1.